The molecule has 25 heavy (non-hydrogen) atoms. The summed E-state index contributed by atoms with van der Waals surface area (Å²) < 4.78 is 10.4. The first-order valence-corrected chi connectivity index (χ1v) is 9.80. The van der Waals surface area contributed by atoms with Crippen molar-refractivity contribution in [3.05, 3.63) is 41.5 Å². The number of nitrogens with one attached hydrogen (secondary N) is 1. The molecular formula is C18H23N3O3S. The van der Waals surface area contributed by atoms with E-state index in [0.29, 0.717) is 17.5 Å². The van der Waals surface area contributed by atoms with Crippen molar-refractivity contribution < 1.29 is 14.1 Å². The fourth-order valence-corrected chi connectivity index (χ4v) is 3.79. The lowest BCUT2D eigenvalue weighted by atomic mass is 9.78. The number of thioether (sulfide) groups is 1. The highest BCUT2D eigenvalue weighted by atomic mass is 32.2. The van der Waals surface area contributed by atoms with Crippen LogP contribution in [0.5, 0.6) is 5.75 Å². The van der Waals surface area contributed by atoms with Gasteiger partial charge >= 0.3 is 0 Å². The Morgan fingerprint density at radius 1 is 1.32 bits per heavy atom. The number of methoxy groups -OCH3 is 1. The van der Waals surface area contributed by atoms with Crippen molar-refractivity contribution >= 4 is 17.7 Å². The summed E-state index contributed by atoms with van der Waals surface area (Å²) in [6.45, 7) is 0.262. The van der Waals surface area contributed by atoms with E-state index in [1.807, 2.05) is 30.5 Å². The third kappa shape index (κ3) is 3.81. The van der Waals surface area contributed by atoms with Gasteiger partial charge < -0.3 is 14.6 Å². The Kier molecular flexibility index (Phi) is 5.63. The van der Waals surface area contributed by atoms with Crippen LogP contribution in [0, 0.1) is 0 Å². The summed E-state index contributed by atoms with van der Waals surface area (Å²) in [4.78, 5) is 17.3. The summed E-state index contributed by atoms with van der Waals surface area (Å²) in [5, 5.41) is 6.89. The SMILES string of the molecule is COc1ccc(C2(C(=O)NCc3nc(CSC)no3)CCCC2)cc1. The van der Waals surface area contributed by atoms with Crippen molar-refractivity contribution in [2.24, 2.45) is 0 Å². The van der Waals surface area contributed by atoms with Gasteiger partial charge in [0.05, 0.1) is 24.8 Å². The van der Waals surface area contributed by atoms with Crippen LogP contribution in [0.2, 0.25) is 0 Å². The number of rotatable bonds is 7. The predicted molar refractivity (Wildman–Crippen MR) is 96.5 cm³/mol. The second-order valence-corrected chi connectivity index (χ2v) is 7.10. The van der Waals surface area contributed by atoms with Crippen molar-refractivity contribution in [3.63, 3.8) is 0 Å². The molecule has 0 radical (unpaired) electrons. The van der Waals surface area contributed by atoms with Crippen LogP contribution in [0.25, 0.3) is 0 Å². The standard InChI is InChI=1S/C18H23N3O3S/c1-23-14-7-5-13(6-8-14)18(9-3-4-10-18)17(22)19-11-16-20-15(12-25-2)21-24-16/h5-8H,3-4,9-12H2,1-2H3,(H,19,22). The van der Waals surface area contributed by atoms with Crippen LogP contribution < -0.4 is 10.1 Å². The third-order valence-electron chi connectivity index (χ3n) is 4.72. The van der Waals surface area contributed by atoms with Crippen LogP contribution in [0.3, 0.4) is 0 Å². The molecule has 134 valence electrons. The first-order chi connectivity index (χ1) is 12.2. The number of aromatic nitrogens is 2. The van der Waals surface area contributed by atoms with Gasteiger partial charge in [0.25, 0.3) is 0 Å². The largest absolute Gasteiger partial charge is 0.497 e. The maximum absolute atomic E-state index is 13.0. The molecule has 1 aromatic carbocycles. The summed E-state index contributed by atoms with van der Waals surface area (Å²) in [5.74, 6) is 2.62. The van der Waals surface area contributed by atoms with E-state index in [1.165, 1.54) is 0 Å². The number of hydrogen-bond donors (Lipinski definition) is 1. The number of carbonyl (C=O) groups is 1. The van der Waals surface area contributed by atoms with Gasteiger partial charge in [-0.2, -0.15) is 16.7 Å². The van der Waals surface area contributed by atoms with Gasteiger partial charge in [-0.05, 0) is 36.8 Å². The van der Waals surface area contributed by atoms with Gasteiger partial charge in [0.1, 0.15) is 5.75 Å². The molecule has 1 heterocycles. The monoisotopic (exact) mass is 361 g/mol. The van der Waals surface area contributed by atoms with Crippen molar-refractivity contribution in [1.82, 2.24) is 15.5 Å². The molecule has 1 amide bonds. The molecule has 1 saturated carbocycles. The molecule has 0 unspecified atom stereocenters. The van der Waals surface area contributed by atoms with E-state index < -0.39 is 5.41 Å². The zero-order valence-corrected chi connectivity index (χ0v) is 15.4. The molecule has 1 N–H and O–H groups in total. The molecular weight excluding hydrogens is 338 g/mol. The molecule has 1 aliphatic rings. The molecule has 0 aliphatic heterocycles. The number of nitrogens with zero attached hydrogens (tertiary/aromatic N) is 2. The minimum absolute atomic E-state index is 0.0276. The lowest BCUT2D eigenvalue weighted by Crippen LogP contribution is -2.42. The summed E-state index contributed by atoms with van der Waals surface area (Å²) in [7, 11) is 1.64. The number of ether oxygens (including phenoxy) is 1. The van der Waals surface area contributed by atoms with E-state index >= 15 is 0 Å². The number of carbonyl (C=O) groups excluding carboxylic acids is 1. The maximum Gasteiger partial charge on any atom is 0.246 e. The summed E-state index contributed by atoms with van der Waals surface area (Å²) in [5.41, 5.74) is 0.561. The van der Waals surface area contributed by atoms with E-state index in [4.69, 9.17) is 9.26 Å². The smallest absolute Gasteiger partial charge is 0.246 e. The van der Waals surface area contributed by atoms with Gasteiger partial charge in [-0.25, -0.2) is 0 Å². The van der Waals surface area contributed by atoms with Crippen LogP contribution in [0.4, 0.5) is 0 Å². The van der Waals surface area contributed by atoms with Gasteiger partial charge in [-0.1, -0.05) is 30.1 Å². The second-order valence-electron chi connectivity index (χ2n) is 6.24. The Labute approximate surface area is 151 Å². The third-order valence-corrected chi connectivity index (χ3v) is 5.26. The van der Waals surface area contributed by atoms with Crippen LogP contribution >= 0.6 is 11.8 Å². The molecule has 1 aromatic heterocycles. The van der Waals surface area contributed by atoms with Crippen molar-refractivity contribution in [3.8, 4) is 5.75 Å². The van der Waals surface area contributed by atoms with Gasteiger partial charge in [0.2, 0.25) is 11.8 Å². The van der Waals surface area contributed by atoms with Crippen LogP contribution in [0.15, 0.2) is 28.8 Å². The molecule has 0 atom stereocenters. The van der Waals surface area contributed by atoms with E-state index in [2.05, 4.69) is 15.5 Å². The minimum atomic E-state index is -0.478. The Morgan fingerprint density at radius 3 is 2.68 bits per heavy atom. The van der Waals surface area contributed by atoms with Crippen LogP contribution in [-0.4, -0.2) is 29.4 Å². The van der Waals surface area contributed by atoms with E-state index in [9.17, 15) is 4.79 Å². The average molecular weight is 361 g/mol. The Balaban J connectivity index is 1.71. The fourth-order valence-electron chi connectivity index (χ4n) is 3.41. The molecule has 0 saturated heterocycles. The Hall–Kier alpha value is -2.02. The van der Waals surface area contributed by atoms with E-state index in [1.54, 1.807) is 18.9 Å². The van der Waals surface area contributed by atoms with Gasteiger partial charge in [-0.15, -0.1) is 0 Å². The number of amides is 1. The first kappa shape index (κ1) is 17.8. The van der Waals surface area contributed by atoms with Crippen molar-refractivity contribution in [1.29, 1.82) is 0 Å². The second kappa shape index (κ2) is 7.91. The number of benzene rings is 1. The first-order valence-electron chi connectivity index (χ1n) is 8.41. The van der Waals surface area contributed by atoms with Gasteiger partial charge in [0.15, 0.2) is 5.82 Å². The average Bonchev–Trinajstić information content (AvgIpc) is 3.30. The normalized spacial score (nSPS) is 15.9. The fraction of sp³-hybridized carbons (Fsp3) is 0.500. The molecule has 0 bridgehead atoms. The minimum Gasteiger partial charge on any atom is -0.497 e. The molecule has 1 fully saturated rings. The van der Waals surface area contributed by atoms with E-state index in [0.717, 1.165) is 37.0 Å². The Morgan fingerprint density at radius 2 is 2.04 bits per heavy atom. The van der Waals surface area contributed by atoms with Crippen molar-refractivity contribution in [2.75, 3.05) is 13.4 Å². The lowest BCUT2D eigenvalue weighted by molar-refractivity contribution is -0.127. The molecule has 6 nitrogen and oxygen atoms in total. The molecule has 7 heteroatoms. The highest BCUT2D eigenvalue weighted by Gasteiger charge is 2.42. The lowest BCUT2D eigenvalue weighted by Gasteiger charge is -2.28. The predicted octanol–water partition coefficient (Wildman–Crippen LogP) is 3.07. The molecule has 2 aromatic rings. The van der Waals surface area contributed by atoms with Gasteiger partial charge in [-0.3, -0.25) is 4.79 Å². The van der Waals surface area contributed by atoms with E-state index in [-0.39, 0.29) is 12.5 Å². The summed E-state index contributed by atoms with van der Waals surface area (Å²) >= 11 is 1.63. The highest BCUT2D eigenvalue weighted by Crippen LogP contribution is 2.41. The molecule has 1 aliphatic carbocycles. The molecule has 3 rings (SSSR count). The summed E-state index contributed by atoms with van der Waals surface area (Å²) in [6.07, 6.45) is 5.80. The highest BCUT2D eigenvalue weighted by molar-refractivity contribution is 7.97. The zero-order chi connectivity index (χ0) is 17.7. The number of hydrogen-bond acceptors (Lipinski definition) is 6. The topological polar surface area (TPSA) is 77.2 Å². The van der Waals surface area contributed by atoms with Crippen LogP contribution in [0.1, 0.15) is 43.0 Å². The van der Waals surface area contributed by atoms with Gasteiger partial charge in [0, 0.05) is 0 Å². The maximum atomic E-state index is 13.0. The van der Waals surface area contributed by atoms with Crippen molar-refractivity contribution in [2.45, 2.75) is 43.4 Å². The Bertz CT molecular complexity index is 709. The zero-order valence-electron chi connectivity index (χ0n) is 14.6. The summed E-state index contributed by atoms with van der Waals surface area (Å²) in [6, 6.07) is 7.81. The molecule has 0 spiro atoms. The quantitative estimate of drug-likeness (QED) is 0.817. The van der Waals surface area contributed by atoms with Crippen LogP contribution in [-0.2, 0) is 22.5 Å².